The third kappa shape index (κ3) is 5.62. The predicted molar refractivity (Wildman–Crippen MR) is 132 cm³/mol. The van der Waals surface area contributed by atoms with Gasteiger partial charge in [0.15, 0.2) is 34.6 Å². The smallest absolute Gasteiger partial charge is 0.262 e. The van der Waals surface area contributed by atoms with E-state index in [1.165, 1.54) is 41.6 Å². The Kier molecular flexibility index (Phi) is 8.25. The number of ether oxygens (including phenoxy) is 5. The predicted octanol–water partition coefficient (Wildman–Crippen LogP) is 4.98. The molecule has 0 aliphatic rings. The highest BCUT2D eigenvalue weighted by molar-refractivity contribution is 7.92. The van der Waals surface area contributed by atoms with Crippen molar-refractivity contribution in [3.8, 4) is 28.7 Å². The standard InChI is InChI=1S/C25H25F2NO7S/c1-31-21-11-15(6-7-16-12-22(32-2)25(35-5)23(13-16)33-3)10-20(24(21)34-4)28-36(29,30)17-8-9-18(26)19(27)14-17/h6-14,28H,1-5H3/b7-6-. The molecule has 0 radical (unpaired) electrons. The summed E-state index contributed by atoms with van der Waals surface area (Å²) < 4.78 is 81.8. The van der Waals surface area contributed by atoms with Gasteiger partial charge in [0.2, 0.25) is 5.75 Å². The van der Waals surface area contributed by atoms with E-state index in [0.29, 0.717) is 34.4 Å². The second-order valence-electron chi connectivity index (χ2n) is 7.28. The molecule has 36 heavy (non-hydrogen) atoms. The highest BCUT2D eigenvalue weighted by atomic mass is 32.2. The van der Waals surface area contributed by atoms with E-state index in [9.17, 15) is 17.2 Å². The van der Waals surface area contributed by atoms with Crippen molar-refractivity contribution in [3.05, 3.63) is 65.2 Å². The second-order valence-corrected chi connectivity index (χ2v) is 8.96. The molecule has 11 heteroatoms. The first kappa shape index (κ1) is 26.6. The first-order chi connectivity index (χ1) is 17.2. The van der Waals surface area contributed by atoms with Crippen molar-refractivity contribution in [3.63, 3.8) is 0 Å². The number of benzene rings is 3. The van der Waals surface area contributed by atoms with Crippen molar-refractivity contribution in [2.45, 2.75) is 4.90 Å². The van der Waals surface area contributed by atoms with Gasteiger partial charge in [0.25, 0.3) is 10.0 Å². The van der Waals surface area contributed by atoms with Crippen LogP contribution in [0.15, 0.2) is 47.4 Å². The van der Waals surface area contributed by atoms with Crippen molar-refractivity contribution in [1.29, 1.82) is 0 Å². The van der Waals surface area contributed by atoms with Crippen LogP contribution < -0.4 is 28.4 Å². The molecule has 0 aliphatic heterocycles. The molecule has 0 heterocycles. The van der Waals surface area contributed by atoms with Gasteiger partial charge < -0.3 is 23.7 Å². The number of halogens is 2. The highest BCUT2D eigenvalue weighted by Crippen LogP contribution is 2.40. The number of rotatable bonds is 10. The zero-order valence-corrected chi connectivity index (χ0v) is 21.0. The zero-order chi connectivity index (χ0) is 26.5. The maximum absolute atomic E-state index is 13.6. The van der Waals surface area contributed by atoms with E-state index in [1.54, 1.807) is 30.4 Å². The van der Waals surface area contributed by atoms with E-state index >= 15 is 0 Å². The summed E-state index contributed by atoms with van der Waals surface area (Å²) in [6.45, 7) is 0. The lowest BCUT2D eigenvalue weighted by Gasteiger charge is -2.16. The molecule has 0 amide bonds. The van der Waals surface area contributed by atoms with Gasteiger partial charge in [0.05, 0.1) is 46.1 Å². The molecule has 0 atom stereocenters. The van der Waals surface area contributed by atoms with Crippen LogP contribution in [0.5, 0.6) is 28.7 Å². The summed E-state index contributed by atoms with van der Waals surface area (Å²) in [6, 6.07) is 8.92. The average molecular weight is 522 g/mol. The maximum Gasteiger partial charge on any atom is 0.262 e. The molecule has 0 aliphatic carbocycles. The van der Waals surface area contributed by atoms with Crippen molar-refractivity contribution < 1.29 is 40.9 Å². The summed E-state index contributed by atoms with van der Waals surface area (Å²) >= 11 is 0. The lowest BCUT2D eigenvalue weighted by molar-refractivity contribution is 0.324. The largest absolute Gasteiger partial charge is 0.493 e. The van der Waals surface area contributed by atoms with Crippen molar-refractivity contribution in [1.82, 2.24) is 0 Å². The molecule has 1 N–H and O–H groups in total. The molecule has 8 nitrogen and oxygen atoms in total. The molecule has 3 rings (SSSR count). The molecule has 3 aromatic carbocycles. The van der Waals surface area contributed by atoms with Gasteiger partial charge in [-0.15, -0.1) is 0 Å². The van der Waals surface area contributed by atoms with E-state index in [2.05, 4.69) is 4.72 Å². The summed E-state index contributed by atoms with van der Waals surface area (Å²) in [7, 11) is 2.98. The Morgan fingerprint density at radius 2 is 1.17 bits per heavy atom. The molecule has 0 saturated carbocycles. The van der Waals surface area contributed by atoms with E-state index in [1.807, 2.05) is 0 Å². The Morgan fingerprint density at radius 3 is 1.64 bits per heavy atom. The van der Waals surface area contributed by atoms with E-state index in [4.69, 9.17) is 23.7 Å². The van der Waals surface area contributed by atoms with Gasteiger partial charge in [-0.05, 0) is 53.6 Å². The maximum atomic E-state index is 13.6. The Bertz CT molecular complexity index is 1370. The van der Waals surface area contributed by atoms with Crippen molar-refractivity contribution >= 4 is 27.9 Å². The number of nitrogens with one attached hydrogen (secondary N) is 1. The second kappa shape index (κ2) is 11.2. The molecule has 0 aromatic heterocycles. The van der Waals surface area contributed by atoms with Crippen LogP contribution in [0.1, 0.15) is 11.1 Å². The Balaban J connectivity index is 2.04. The lowest BCUT2D eigenvalue weighted by atomic mass is 10.1. The van der Waals surface area contributed by atoms with Gasteiger partial charge in [-0.3, -0.25) is 4.72 Å². The molecule has 0 unspecified atom stereocenters. The summed E-state index contributed by atoms with van der Waals surface area (Å²) in [5, 5.41) is 0. The molecule has 0 saturated heterocycles. The summed E-state index contributed by atoms with van der Waals surface area (Å²) in [5.41, 5.74) is 1.29. The van der Waals surface area contributed by atoms with Gasteiger partial charge in [0.1, 0.15) is 0 Å². The van der Waals surface area contributed by atoms with Crippen LogP contribution in [0.4, 0.5) is 14.5 Å². The monoisotopic (exact) mass is 521 g/mol. The highest BCUT2D eigenvalue weighted by Gasteiger charge is 2.21. The van der Waals surface area contributed by atoms with Crippen molar-refractivity contribution in [2.24, 2.45) is 0 Å². The number of hydrogen-bond donors (Lipinski definition) is 1. The van der Waals surface area contributed by atoms with Gasteiger partial charge in [-0.2, -0.15) is 0 Å². The van der Waals surface area contributed by atoms with Gasteiger partial charge in [0, 0.05) is 0 Å². The molecule has 0 fully saturated rings. The molecule has 0 spiro atoms. The van der Waals surface area contributed by atoms with Crippen LogP contribution in [-0.2, 0) is 10.0 Å². The third-order valence-electron chi connectivity index (χ3n) is 5.10. The first-order valence-corrected chi connectivity index (χ1v) is 11.9. The molecular formula is C25H25F2NO7S. The Morgan fingerprint density at radius 1 is 0.667 bits per heavy atom. The van der Waals surface area contributed by atoms with E-state index < -0.39 is 26.6 Å². The van der Waals surface area contributed by atoms with Gasteiger partial charge in [-0.25, -0.2) is 17.2 Å². The summed E-state index contributed by atoms with van der Waals surface area (Å²) in [6.07, 6.45) is 3.46. The fraction of sp³-hybridized carbons (Fsp3) is 0.200. The number of anilines is 1. The minimum atomic E-state index is -4.28. The van der Waals surface area contributed by atoms with Crippen molar-refractivity contribution in [2.75, 3.05) is 40.3 Å². The lowest BCUT2D eigenvalue weighted by Crippen LogP contribution is -2.14. The normalized spacial score (nSPS) is 11.3. The molecule has 0 bridgehead atoms. The summed E-state index contributed by atoms with van der Waals surface area (Å²) in [4.78, 5) is -0.458. The van der Waals surface area contributed by atoms with Crippen LogP contribution in [0.3, 0.4) is 0 Å². The SMILES string of the molecule is COc1cc(/C=C\c2cc(OC)c(OC)c(OC)c2)cc(NS(=O)(=O)c2ccc(F)c(F)c2)c1OC. The number of hydrogen-bond acceptors (Lipinski definition) is 7. The fourth-order valence-corrected chi connectivity index (χ4v) is 4.46. The van der Waals surface area contributed by atoms with Crippen LogP contribution in [0.25, 0.3) is 12.2 Å². The van der Waals surface area contributed by atoms with Crippen LogP contribution in [0, 0.1) is 11.6 Å². The molecule has 3 aromatic rings. The summed E-state index contributed by atoms with van der Waals surface area (Å²) in [5.74, 6) is -0.734. The average Bonchev–Trinajstić information content (AvgIpc) is 2.87. The third-order valence-corrected chi connectivity index (χ3v) is 6.47. The van der Waals surface area contributed by atoms with Gasteiger partial charge >= 0.3 is 0 Å². The quantitative estimate of drug-likeness (QED) is 0.376. The number of sulfonamides is 1. The Labute approximate surface area is 208 Å². The minimum absolute atomic E-state index is 0.0334. The van der Waals surface area contributed by atoms with E-state index in [-0.39, 0.29) is 17.2 Å². The van der Waals surface area contributed by atoms with Crippen LogP contribution in [0.2, 0.25) is 0 Å². The number of methoxy groups -OCH3 is 5. The topological polar surface area (TPSA) is 92.3 Å². The first-order valence-electron chi connectivity index (χ1n) is 10.4. The zero-order valence-electron chi connectivity index (χ0n) is 20.2. The minimum Gasteiger partial charge on any atom is -0.493 e. The van der Waals surface area contributed by atoms with E-state index in [0.717, 1.165) is 12.1 Å². The molecule has 192 valence electrons. The van der Waals surface area contributed by atoms with Gasteiger partial charge in [-0.1, -0.05) is 12.2 Å². The Hall–Kier alpha value is -3.99. The van der Waals surface area contributed by atoms with Crippen LogP contribution in [-0.4, -0.2) is 44.0 Å². The molecular weight excluding hydrogens is 496 g/mol. The van der Waals surface area contributed by atoms with Crippen LogP contribution >= 0.6 is 0 Å². The fourth-order valence-electron chi connectivity index (χ4n) is 3.40.